The van der Waals surface area contributed by atoms with E-state index in [9.17, 15) is 4.79 Å². The number of benzene rings is 1. The number of rotatable bonds is 7. The Morgan fingerprint density at radius 2 is 2.17 bits per heavy atom. The summed E-state index contributed by atoms with van der Waals surface area (Å²) in [4.78, 5) is 13.7. The fourth-order valence-corrected chi connectivity index (χ4v) is 2.53. The number of nitrogens with zero attached hydrogens (tertiary/aromatic N) is 3. The van der Waals surface area contributed by atoms with Crippen LogP contribution in [0.25, 0.3) is 11.0 Å². The average Bonchev–Trinajstić information content (AvgIpc) is 3.06. The summed E-state index contributed by atoms with van der Waals surface area (Å²) < 4.78 is 12.9. The summed E-state index contributed by atoms with van der Waals surface area (Å²) in [6, 6.07) is 9.01. The van der Waals surface area contributed by atoms with Gasteiger partial charge in [0.1, 0.15) is 17.9 Å². The highest BCUT2D eigenvalue weighted by molar-refractivity contribution is 5.81. The average molecular weight is 327 g/mol. The molecule has 3 rings (SSSR count). The number of likely N-dealkylation sites (N-methyl/N-ethyl adjacent to an activating group) is 1. The van der Waals surface area contributed by atoms with Gasteiger partial charge in [-0.05, 0) is 37.7 Å². The molecule has 0 amide bonds. The van der Waals surface area contributed by atoms with Gasteiger partial charge in [0.2, 0.25) is 0 Å². The molecule has 0 saturated carbocycles. The van der Waals surface area contributed by atoms with Crippen LogP contribution in [0.15, 0.2) is 51.9 Å². The van der Waals surface area contributed by atoms with Crippen LogP contribution in [0, 0.1) is 6.92 Å². The van der Waals surface area contributed by atoms with Gasteiger partial charge >= 0.3 is 5.63 Å². The monoisotopic (exact) mass is 327 g/mol. The molecule has 0 fully saturated rings. The molecule has 0 N–H and O–H groups in total. The van der Waals surface area contributed by atoms with Crippen LogP contribution in [0.5, 0.6) is 5.75 Å². The molecule has 0 aliphatic carbocycles. The quantitative estimate of drug-likeness (QED) is 0.623. The van der Waals surface area contributed by atoms with Crippen LogP contribution in [0.2, 0.25) is 0 Å². The standard InChI is InChI=1S/C18H21N3O3/c1-14-12-18(22)24-17-13-15(4-5-16(14)17)23-11-10-20(2)8-9-21-7-3-6-19-21/h3-7,12-13H,8-11H2,1-2H3. The second-order valence-electron chi connectivity index (χ2n) is 5.83. The summed E-state index contributed by atoms with van der Waals surface area (Å²) in [5.74, 6) is 0.705. The van der Waals surface area contributed by atoms with Gasteiger partial charge in [-0.15, -0.1) is 0 Å². The van der Waals surface area contributed by atoms with Crippen molar-refractivity contribution >= 4 is 11.0 Å². The molecule has 1 aromatic carbocycles. The Morgan fingerprint density at radius 3 is 2.96 bits per heavy atom. The first-order valence-corrected chi connectivity index (χ1v) is 7.95. The predicted molar refractivity (Wildman–Crippen MR) is 92.4 cm³/mol. The molecular weight excluding hydrogens is 306 g/mol. The molecule has 0 atom stereocenters. The Morgan fingerprint density at radius 1 is 1.29 bits per heavy atom. The summed E-state index contributed by atoms with van der Waals surface area (Å²) in [5, 5.41) is 5.11. The smallest absolute Gasteiger partial charge is 0.336 e. The van der Waals surface area contributed by atoms with Crippen molar-refractivity contribution < 1.29 is 9.15 Å². The van der Waals surface area contributed by atoms with Crippen molar-refractivity contribution in [3.05, 3.63) is 58.7 Å². The summed E-state index contributed by atoms with van der Waals surface area (Å²) in [5.41, 5.74) is 1.13. The SMILES string of the molecule is Cc1cc(=O)oc2cc(OCCN(C)CCn3cccn3)ccc12. The molecule has 2 heterocycles. The van der Waals surface area contributed by atoms with Gasteiger partial charge in [0.05, 0.1) is 6.54 Å². The van der Waals surface area contributed by atoms with Crippen LogP contribution in [-0.2, 0) is 6.54 Å². The van der Waals surface area contributed by atoms with E-state index in [1.165, 1.54) is 6.07 Å². The van der Waals surface area contributed by atoms with E-state index in [2.05, 4.69) is 17.0 Å². The molecule has 24 heavy (non-hydrogen) atoms. The van der Waals surface area contributed by atoms with Gasteiger partial charge in [0.15, 0.2) is 0 Å². The molecule has 6 nitrogen and oxygen atoms in total. The lowest BCUT2D eigenvalue weighted by atomic mass is 10.1. The van der Waals surface area contributed by atoms with Crippen LogP contribution in [0.4, 0.5) is 0 Å². The maximum atomic E-state index is 11.5. The Balaban J connectivity index is 1.53. The number of hydrogen-bond donors (Lipinski definition) is 0. The molecule has 0 spiro atoms. The summed E-state index contributed by atoms with van der Waals surface area (Å²) >= 11 is 0. The van der Waals surface area contributed by atoms with E-state index < -0.39 is 0 Å². The van der Waals surface area contributed by atoms with E-state index in [-0.39, 0.29) is 5.63 Å². The van der Waals surface area contributed by atoms with E-state index in [0.29, 0.717) is 17.9 Å². The second-order valence-corrected chi connectivity index (χ2v) is 5.83. The molecule has 0 unspecified atom stereocenters. The van der Waals surface area contributed by atoms with Gasteiger partial charge in [-0.1, -0.05) is 0 Å². The largest absolute Gasteiger partial charge is 0.492 e. The molecular formula is C18H21N3O3. The number of fused-ring (bicyclic) bond motifs is 1. The zero-order valence-electron chi connectivity index (χ0n) is 13.9. The van der Waals surface area contributed by atoms with E-state index in [4.69, 9.17) is 9.15 Å². The Bertz CT molecular complexity index is 856. The topological polar surface area (TPSA) is 60.5 Å². The highest BCUT2D eigenvalue weighted by atomic mass is 16.5. The van der Waals surface area contributed by atoms with Crippen molar-refractivity contribution in [1.82, 2.24) is 14.7 Å². The Kier molecular flexibility index (Phi) is 4.96. The first-order chi connectivity index (χ1) is 11.6. The van der Waals surface area contributed by atoms with Gasteiger partial charge in [-0.2, -0.15) is 5.10 Å². The van der Waals surface area contributed by atoms with Crippen molar-refractivity contribution in [2.75, 3.05) is 26.7 Å². The van der Waals surface area contributed by atoms with Crippen LogP contribution in [-0.4, -0.2) is 41.4 Å². The maximum Gasteiger partial charge on any atom is 0.336 e. The molecule has 2 aromatic heterocycles. The van der Waals surface area contributed by atoms with Gasteiger partial charge in [0.25, 0.3) is 0 Å². The Labute approximate surface area is 140 Å². The van der Waals surface area contributed by atoms with Crippen molar-refractivity contribution in [1.29, 1.82) is 0 Å². The zero-order chi connectivity index (χ0) is 16.9. The van der Waals surface area contributed by atoms with E-state index in [0.717, 1.165) is 30.6 Å². The molecule has 0 bridgehead atoms. The summed E-state index contributed by atoms with van der Waals surface area (Å²) in [6.45, 7) is 5.02. The van der Waals surface area contributed by atoms with Crippen LogP contribution in [0.3, 0.4) is 0 Å². The fourth-order valence-electron chi connectivity index (χ4n) is 2.53. The van der Waals surface area contributed by atoms with Gasteiger partial charge in [0, 0.05) is 43.0 Å². The molecule has 0 radical (unpaired) electrons. The molecule has 0 aliphatic rings. The minimum absolute atomic E-state index is 0.337. The predicted octanol–water partition coefficient (Wildman–Crippen LogP) is 2.31. The van der Waals surface area contributed by atoms with Gasteiger partial charge < -0.3 is 14.1 Å². The molecule has 3 aromatic rings. The second kappa shape index (κ2) is 7.31. The minimum Gasteiger partial charge on any atom is -0.492 e. The van der Waals surface area contributed by atoms with E-state index in [1.54, 1.807) is 12.3 Å². The normalized spacial score (nSPS) is 11.3. The third kappa shape index (κ3) is 4.02. The molecule has 0 saturated heterocycles. The lowest BCUT2D eigenvalue weighted by Gasteiger charge is -2.17. The zero-order valence-corrected chi connectivity index (χ0v) is 13.9. The lowest BCUT2D eigenvalue weighted by molar-refractivity contribution is 0.230. The highest BCUT2D eigenvalue weighted by Crippen LogP contribution is 2.22. The maximum absolute atomic E-state index is 11.5. The van der Waals surface area contributed by atoms with Crippen LogP contribution >= 0.6 is 0 Å². The lowest BCUT2D eigenvalue weighted by Crippen LogP contribution is -2.28. The third-order valence-electron chi connectivity index (χ3n) is 3.93. The number of aromatic nitrogens is 2. The molecule has 6 heteroatoms. The van der Waals surface area contributed by atoms with Crippen molar-refractivity contribution in [2.24, 2.45) is 0 Å². The van der Waals surface area contributed by atoms with Crippen LogP contribution in [0.1, 0.15) is 5.56 Å². The number of hydrogen-bond acceptors (Lipinski definition) is 5. The molecule has 126 valence electrons. The van der Waals surface area contributed by atoms with Crippen molar-refractivity contribution in [3.8, 4) is 5.75 Å². The number of aryl methyl sites for hydroxylation is 1. The fraction of sp³-hybridized carbons (Fsp3) is 0.333. The van der Waals surface area contributed by atoms with Crippen LogP contribution < -0.4 is 10.4 Å². The van der Waals surface area contributed by atoms with Crippen molar-refractivity contribution in [3.63, 3.8) is 0 Å². The Hall–Kier alpha value is -2.60. The minimum atomic E-state index is -0.337. The first-order valence-electron chi connectivity index (χ1n) is 7.95. The summed E-state index contributed by atoms with van der Waals surface area (Å²) in [6.07, 6.45) is 3.73. The van der Waals surface area contributed by atoms with Gasteiger partial charge in [-0.3, -0.25) is 4.68 Å². The number of ether oxygens (including phenoxy) is 1. The summed E-state index contributed by atoms with van der Waals surface area (Å²) in [7, 11) is 2.05. The highest BCUT2D eigenvalue weighted by Gasteiger charge is 2.05. The van der Waals surface area contributed by atoms with Crippen molar-refractivity contribution in [2.45, 2.75) is 13.5 Å². The molecule has 0 aliphatic heterocycles. The van der Waals surface area contributed by atoms with Gasteiger partial charge in [-0.25, -0.2) is 4.79 Å². The first kappa shape index (κ1) is 16.3. The third-order valence-corrected chi connectivity index (χ3v) is 3.93. The van der Waals surface area contributed by atoms with E-state index in [1.807, 2.05) is 36.0 Å². The van der Waals surface area contributed by atoms with E-state index >= 15 is 0 Å².